The van der Waals surface area contributed by atoms with Gasteiger partial charge in [-0.05, 0) is 56.2 Å². The van der Waals surface area contributed by atoms with Crippen molar-refractivity contribution >= 4 is 29.3 Å². The molecule has 150 valence electrons. The van der Waals surface area contributed by atoms with Crippen molar-refractivity contribution in [2.45, 2.75) is 44.6 Å². The Bertz CT molecular complexity index is 1010. The number of hydrogen-bond acceptors (Lipinski definition) is 5. The molecule has 0 atom stereocenters. The number of carbonyl (C=O) groups is 2. The molecule has 3 aliphatic rings. The Morgan fingerprint density at radius 1 is 1.34 bits per heavy atom. The number of aromatic nitrogens is 2. The van der Waals surface area contributed by atoms with Gasteiger partial charge in [0.15, 0.2) is 0 Å². The molecule has 2 aliphatic carbocycles. The average Bonchev–Trinajstić information content (AvgIpc) is 3.61. The van der Waals surface area contributed by atoms with E-state index in [1.807, 2.05) is 25.1 Å². The molecular weight excluding hydrogens is 368 g/mol. The van der Waals surface area contributed by atoms with E-state index in [0.717, 1.165) is 35.3 Å². The van der Waals surface area contributed by atoms with Crippen molar-refractivity contribution in [2.24, 2.45) is 5.92 Å². The van der Waals surface area contributed by atoms with Gasteiger partial charge in [-0.2, -0.15) is 0 Å². The van der Waals surface area contributed by atoms with Crippen LogP contribution >= 0.6 is 0 Å². The molecule has 5 rings (SSSR count). The first kappa shape index (κ1) is 17.9. The largest absolute Gasteiger partial charge is 0.368 e. The van der Waals surface area contributed by atoms with Crippen molar-refractivity contribution in [1.82, 2.24) is 15.3 Å². The van der Waals surface area contributed by atoms with Crippen LogP contribution in [0.4, 0.5) is 22.1 Å². The summed E-state index contributed by atoms with van der Waals surface area (Å²) in [5, 5.41) is 5.78. The molecule has 0 saturated heterocycles. The number of benzene rings is 1. The number of nitrogens with zero attached hydrogens (tertiary/aromatic N) is 3. The third kappa shape index (κ3) is 3.18. The number of nitrogen functional groups attached to an aromatic ring is 1. The highest BCUT2D eigenvalue weighted by Gasteiger charge is 2.58. The molecule has 3 amide bonds. The van der Waals surface area contributed by atoms with Gasteiger partial charge in [0.05, 0.1) is 17.7 Å². The molecule has 0 unspecified atom stereocenters. The van der Waals surface area contributed by atoms with Crippen LogP contribution in [0.3, 0.4) is 0 Å². The van der Waals surface area contributed by atoms with Crippen LogP contribution in [-0.4, -0.2) is 28.5 Å². The first-order valence-corrected chi connectivity index (χ1v) is 10.1. The lowest BCUT2D eigenvalue weighted by Gasteiger charge is -2.34. The van der Waals surface area contributed by atoms with E-state index in [0.29, 0.717) is 24.7 Å². The Balaban J connectivity index is 1.42. The summed E-state index contributed by atoms with van der Waals surface area (Å²) in [7, 11) is 0. The molecule has 2 aromatic rings. The van der Waals surface area contributed by atoms with Crippen LogP contribution in [0.15, 0.2) is 24.4 Å². The SMILES string of the molecule is Cc1ccc(NC(=O)NCC2CC2)cc1N1Cc2cnc(N)nc2C2(CC2)C1=O. The van der Waals surface area contributed by atoms with Gasteiger partial charge >= 0.3 is 6.03 Å². The van der Waals surface area contributed by atoms with Crippen LogP contribution in [0.2, 0.25) is 0 Å². The van der Waals surface area contributed by atoms with Gasteiger partial charge in [-0.15, -0.1) is 0 Å². The zero-order chi connectivity index (χ0) is 20.2. The Morgan fingerprint density at radius 3 is 2.86 bits per heavy atom. The van der Waals surface area contributed by atoms with Gasteiger partial charge in [0.25, 0.3) is 0 Å². The number of anilines is 3. The normalized spacial score (nSPS) is 19.1. The molecule has 1 aliphatic heterocycles. The van der Waals surface area contributed by atoms with Gasteiger partial charge in [0.1, 0.15) is 0 Å². The summed E-state index contributed by atoms with van der Waals surface area (Å²) in [6, 6.07) is 5.43. The number of nitrogens with two attached hydrogens (primary N) is 1. The highest BCUT2D eigenvalue weighted by atomic mass is 16.2. The Morgan fingerprint density at radius 2 is 2.14 bits per heavy atom. The Kier molecular flexibility index (Phi) is 3.97. The first-order chi connectivity index (χ1) is 14.0. The molecule has 0 bridgehead atoms. The molecule has 1 aromatic heterocycles. The molecule has 2 saturated carbocycles. The molecule has 29 heavy (non-hydrogen) atoms. The van der Waals surface area contributed by atoms with Gasteiger partial charge in [-0.3, -0.25) is 4.79 Å². The molecule has 4 N–H and O–H groups in total. The number of aryl methyl sites for hydroxylation is 1. The minimum absolute atomic E-state index is 0.0431. The van der Waals surface area contributed by atoms with Gasteiger partial charge in [0, 0.05) is 29.7 Å². The molecule has 1 spiro atoms. The zero-order valence-corrected chi connectivity index (χ0v) is 16.4. The van der Waals surface area contributed by atoms with Crippen LogP contribution in [0.5, 0.6) is 0 Å². The van der Waals surface area contributed by atoms with E-state index in [-0.39, 0.29) is 17.9 Å². The lowest BCUT2D eigenvalue weighted by atomic mass is 9.91. The summed E-state index contributed by atoms with van der Waals surface area (Å²) >= 11 is 0. The van der Waals surface area contributed by atoms with E-state index in [9.17, 15) is 9.59 Å². The topological polar surface area (TPSA) is 113 Å². The molecule has 0 radical (unpaired) electrons. The van der Waals surface area contributed by atoms with Gasteiger partial charge in [-0.1, -0.05) is 6.07 Å². The predicted molar refractivity (Wildman–Crippen MR) is 109 cm³/mol. The monoisotopic (exact) mass is 392 g/mol. The minimum atomic E-state index is -0.581. The second-order valence-electron chi connectivity index (χ2n) is 8.36. The second kappa shape index (κ2) is 6.43. The molecular formula is C21H24N6O2. The maximum atomic E-state index is 13.4. The van der Waals surface area contributed by atoms with Crippen LogP contribution in [0.1, 0.15) is 42.5 Å². The maximum Gasteiger partial charge on any atom is 0.319 e. The number of fused-ring (bicyclic) bond motifs is 2. The smallest absolute Gasteiger partial charge is 0.319 e. The number of nitrogens with one attached hydrogen (secondary N) is 2. The standard InChI is InChI=1S/C21H24N6O2/c1-12-2-5-15(25-20(29)24-9-13-3-4-13)8-16(12)27-11-14-10-23-19(22)26-17(14)21(6-7-21)18(27)28/h2,5,8,10,13H,3-4,6-7,9,11H2,1H3,(H2,22,23,26)(H2,24,25,29). The van der Waals surface area contributed by atoms with E-state index in [4.69, 9.17) is 5.73 Å². The van der Waals surface area contributed by atoms with Gasteiger partial charge in [-0.25, -0.2) is 14.8 Å². The van der Waals surface area contributed by atoms with Crippen LogP contribution < -0.4 is 21.3 Å². The number of hydrogen-bond donors (Lipinski definition) is 3. The molecule has 2 heterocycles. The van der Waals surface area contributed by atoms with Crippen LogP contribution in [-0.2, 0) is 16.8 Å². The molecule has 8 nitrogen and oxygen atoms in total. The van der Waals surface area contributed by atoms with E-state index in [1.165, 1.54) is 12.8 Å². The second-order valence-corrected chi connectivity index (χ2v) is 8.36. The number of rotatable bonds is 4. The van der Waals surface area contributed by atoms with Crippen molar-refractivity contribution in [2.75, 3.05) is 22.5 Å². The van der Waals surface area contributed by atoms with Gasteiger partial charge in [0.2, 0.25) is 11.9 Å². The fourth-order valence-corrected chi connectivity index (χ4v) is 4.03. The summed E-state index contributed by atoms with van der Waals surface area (Å²) in [4.78, 5) is 35.8. The molecule has 2 fully saturated rings. The lowest BCUT2D eigenvalue weighted by Crippen LogP contribution is -2.45. The third-order valence-electron chi connectivity index (χ3n) is 6.08. The van der Waals surface area contributed by atoms with Gasteiger partial charge < -0.3 is 21.3 Å². The fourth-order valence-electron chi connectivity index (χ4n) is 4.03. The summed E-state index contributed by atoms with van der Waals surface area (Å²) in [5.74, 6) is 0.865. The van der Waals surface area contributed by atoms with E-state index >= 15 is 0 Å². The van der Waals surface area contributed by atoms with E-state index < -0.39 is 5.41 Å². The first-order valence-electron chi connectivity index (χ1n) is 10.1. The average molecular weight is 392 g/mol. The molecule has 1 aromatic carbocycles. The predicted octanol–water partition coefficient (Wildman–Crippen LogP) is 2.48. The van der Waals surface area contributed by atoms with Crippen molar-refractivity contribution in [3.8, 4) is 0 Å². The van der Waals surface area contributed by atoms with Crippen molar-refractivity contribution in [3.05, 3.63) is 41.2 Å². The van der Waals surface area contributed by atoms with Crippen LogP contribution in [0, 0.1) is 12.8 Å². The summed E-state index contributed by atoms with van der Waals surface area (Å²) in [5.41, 5.74) is 9.32. The lowest BCUT2D eigenvalue weighted by molar-refractivity contribution is -0.121. The maximum absolute atomic E-state index is 13.4. The van der Waals surface area contributed by atoms with E-state index in [2.05, 4.69) is 20.6 Å². The van der Waals surface area contributed by atoms with E-state index in [1.54, 1.807) is 11.1 Å². The van der Waals surface area contributed by atoms with Crippen molar-refractivity contribution in [1.29, 1.82) is 0 Å². The number of carbonyl (C=O) groups excluding carboxylic acids is 2. The van der Waals surface area contributed by atoms with Crippen molar-refractivity contribution in [3.63, 3.8) is 0 Å². The summed E-state index contributed by atoms with van der Waals surface area (Å²) in [6.07, 6.45) is 5.63. The summed E-state index contributed by atoms with van der Waals surface area (Å²) in [6.45, 7) is 3.07. The highest BCUT2D eigenvalue weighted by molar-refractivity contribution is 6.05. The summed E-state index contributed by atoms with van der Waals surface area (Å²) < 4.78 is 0. The molecule has 8 heteroatoms. The number of urea groups is 1. The van der Waals surface area contributed by atoms with Crippen molar-refractivity contribution < 1.29 is 9.59 Å². The fraction of sp³-hybridized carbons (Fsp3) is 0.429. The third-order valence-corrected chi connectivity index (χ3v) is 6.08. The quantitative estimate of drug-likeness (QED) is 0.740. The Hall–Kier alpha value is -3.16. The zero-order valence-electron chi connectivity index (χ0n) is 16.4. The number of amides is 3. The Labute approximate surface area is 168 Å². The van der Waals surface area contributed by atoms with Crippen LogP contribution in [0.25, 0.3) is 0 Å². The minimum Gasteiger partial charge on any atom is -0.368 e. The highest BCUT2D eigenvalue weighted by Crippen LogP contribution is 2.53.